The van der Waals surface area contributed by atoms with Crippen LogP contribution < -0.4 is 0 Å². The molecule has 0 aromatic carbocycles. The smallest absolute Gasteiger partial charge is 0.310 e. The number of carboxylic acid groups (broad SMARTS) is 1. The molecule has 4 heteroatoms. The number of unbranched alkanes of at least 4 members (excludes halogenated alkanes) is 1. The largest absolute Gasteiger partial charge is 0.481 e. The second kappa shape index (κ2) is 5.87. The maximum absolute atomic E-state index is 12.0. The molecule has 1 amide bonds. The van der Waals surface area contributed by atoms with Crippen LogP contribution in [0.15, 0.2) is 0 Å². The van der Waals surface area contributed by atoms with Crippen molar-refractivity contribution in [3.8, 4) is 0 Å². The standard InChI is InChI=1S/C12H21NO3/c1-3-5-6-9(4-2)11(14)13-7-10(8-13)12(15)16/h9-10H,3-8H2,1-2H3,(H,15,16). The van der Waals surface area contributed by atoms with Gasteiger partial charge in [0, 0.05) is 19.0 Å². The molecule has 92 valence electrons. The first-order chi connectivity index (χ1) is 7.60. The number of rotatable bonds is 6. The summed E-state index contributed by atoms with van der Waals surface area (Å²) in [6.07, 6.45) is 3.95. The van der Waals surface area contributed by atoms with Crippen molar-refractivity contribution in [3.63, 3.8) is 0 Å². The zero-order valence-corrected chi connectivity index (χ0v) is 10.1. The number of hydrogen-bond donors (Lipinski definition) is 1. The van der Waals surface area contributed by atoms with Crippen LogP contribution in [0, 0.1) is 11.8 Å². The van der Waals surface area contributed by atoms with Crippen LogP contribution in [0.25, 0.3) is 0 Å². The van der Waals surface area contributed by atoms with Crippen molar-refractivity contribution in [3.05, 3.63) is 0 Å². The molecule has 1 aliphatic rings. The molecule has 0 saturated carbocycles. The van der Waals surface area contributed by atoms with Gasteiger partial charge in [0.1, 0.15) is 0 Å². The van der Waals surface area contributed by atoms with Crippen LogP contribution in [0.1, 0.15) is 39.5 Å². The van der Waals surface area contributed by atoms with E-state index in [-0.39, 0.29) is 17.7 Å². The molecule has 0 bridgehead atoms. The average molecular weight is 227 g/mol. The molecule has 1 fully saturated rings. The molecular formula is C12H21NO3. The highest BCUT2D eigenvalue weighted by molar-refractivity contribution is 5.82. The Labute approximate surface area is 96.6 Å². The van der Waals surface area contributed by atoms with Crippen molar-refractivity contribution in [2.45, 2.75) is 39.5 Å². The number of amides is 1. The topological polar surface area (TPSA) is 57.6 Å². The molecule has 1 unspecified atom stereocenters. The van der Waals surface area contributed by atoms with Gasteiger partial charge in [-0.1, -0.05) is 26.7 Å². The van der Waals surface area contributed by atoms with Crippen LogP contribution in [-0.4, -0.2) is 35.0 Å². The summed E-state index contributed by atoms with van der Waals surface area (Å²) in [6.45, 7) is 4.93. The lowest BCUT2D eigenvalue weighted by Gasteiger charge is -2.38. The monoisotopic (exact) mass is 227 g/mol. The third-order valence-corrected chi connectivity index (χ3v) is 3.29. The minimum absolute atomic E-state index is 0.0923. The second-order valence-electron chi connectivity index (χ2n) is 4.53. The molecule has 0 radical (unpaired) electrons. The van der Waals surface area contributed by atoms with Crippen LogP contribution >= 0.6 is 0 Å². The van der Waals surface area contributed by atoms with E-state index < -0.39 is 5.97 Å². The van der Waals surface area contributed by atoms with E-state index >= 15 is 0 Å². The van der Waals surface area contributed by atoms with Crippen LogP contribution in [0.5, 0.6) is 0 Å². The Balaban J connectivity index is 2.36. The number of carbonyl (C=O) groups excluding carboxylic acids is 1. The summed E-state index contributed by atoms with van der Waals surface area (Å²) >= 11 is 0. The summed E-state index contributed by atoms with van der Waals surface area (Å²) in [7, 11) is 0. The molecule has 1 aliphatic heterocycles. The zero-order chi connectivity index (χ0) is 12.1. The van der Waals surface area contributed by atoms with Gasteiger partial charge < -0.3 is 10.0 Å². The van der Waals surface area contributed by atoms with Gasteiger partial charge in [-0.15, -0.1) is 0 Å². The lowest BCUT2D eigenvalue weighted by atomic mass is 9.93. The molecule has 0 aliphatic carbocycles. The zero-order valence-electron chi connectivity index (χ0n) is 10.1. The summed E-state index contributed by atoms with van der Waals surface area (Å²) in [6, 6.07) is 0. The molecular weight excluding hydrogens is 206 g/mol. The molecule has 0 spiro atoms. The van der Waals surface area contributed by atoms with Gasteiger partial charge >= 0.3 is 5.97 Å². The quantitative estimate of drug-likeness (QED) is 0.752. The first-order valence-electron chi connectivity index (χ1n) is 6.11. The van der Waals surface area contributed by atoms with Crippen molar-refractivity contribution >= 4 is 11.9 Å². The average Bonchev–Trinajstić information content (AvgIpc) is 2.16. The van der Waals surface area contributed by atoms with Crippen molar-refractivity contribution in [1.82, 2.24) is 4.90 Å². The van der Waals surface area contributed by atoms with E-state index in [1.807, 2.05) is 6.92 Å². The third kappa shape index (κ3) is 2.97. The fourth-order valence-electron chi connectivity index (χ4n) is 2.03. The fraction of sp³-hybridized carbons (Fsp3) is 0.833. The maximum atomic E-state index is 12.0. The van der Waals surface area contributed by atoms with Gasteiger partial charge in [-0.05, 0) is 12.8 Å². The Bertz CT molecular complexity index is 259. The molecule has 16 heavy (non-hydrogen) atoms. The van der Waals surface area contributed by atoms with E-state index in [1.165, 1.54) is 0 Å². The number of carbonyl (C=O) groups is 2. The first-order valence-corrected chi connectivity index (χ1v) is 6.11. The van der Waals surface area contributed by atoms with Crippen molar-refractivity contribution in [2.24, 2.45) is 11.8 Å². The number of hydrogen-bond acceptors (Lipinski definition) is 2. The van der Waals surface area contributed by atoms with E-state index in [9.17, 15) is 9.59 Å². The van der Waals surface area contributed by atoms with E-state index in [0.29, 0.717) is 13.1 Å². The first kappa shape index (κ1) is 13.0. The van der Waals surface area contributed by atoms with Crippen LogP contribution in [0.3, 0.4) is 0 Å². The van der Waals surface area contributed by atoms with E-state index in [2.05, 4.69) is 6.92 Å². The number of carboxylic acids is 1. The summed E-state index contributed by atoms with van der Waals surface area (Å²) < 4.78 is 0. The normalized spacial score (nSPS) is 18.0. The molecule has 4 nitrogen and oxygen atoms in total. The van der Waals surface area contributed by atoms with Gasteiger partial charge in [0.15, 0.2) is 0 Å². The minimum Gasteiger partial charge on any atom is -0.481 e. The molecule has 1 saturated heterocycles. The van der Waals surface area contributed by atoms with Gasteiger partial charge in [0.25, 0.3) is 0 Å². The van der Waals surface area contributed by atoms with E-state index in [4.69, 9.17) is 5.11 Å². The Hall–Kier alpha value is -1.06. The van der Waals surface area contributed by atoms with Crippen molar-refractivity contribution in [2.75, 3.05) is 13.1 Å². The Morgan fingerprint density at radius 2 is 2.00 bits per heavy atom. The van der Waals surface area contributed by atoms with Crippen molar-refractivity contribution < 1.29 is 14.7 Å². The van der Waals surface area contributed by atoms with Gasteiger partial charge in [-0.25, -0.2) is 0 Å². The van der Waals surface area contributed by atoms with Gasteiger partial charge in [-0.2, -0.15) is 0 Å². The maximum Gasteiger partial charge on any atom is 0.310 e. The highest BCUT2D eigenvalue weighted by Crippen LogP contribution is 2.22. The summed E-state index contributed by atoms with van der Waals surface area (Å²) in [5.74, 6) is -0.888. The Morgan fingerprint density at radius 3 is 2.44 bits per heavy atom. The number of nitrogens with zero attached hydrogens (tertiary/aromatic N) is 1. The summed E-state index contributed by atoms with van der Waals surface area (Å²) in [5.41, 5.74) is 0. The molecule has 0 aromatic rings. The molecule has 1 heterocycles. The molecule has 1 atom stereocenters. The lowest BCUT2D eigenvalue weighted by molar-refractivity contribution is -0.154. The van der Waals surface area contributed by atoms with Gasteiger partial charge in [-0.3, -0.25) is 9.59 Å². The summed E-state index contributed by atoms with van der Waals surface area (Å²) in [5, 5.41) is 8.73. The molecule has 1 N–H and O–H groups in total. The Kier molecular flexibility index (Phi) is 4.77. The predicted octanol–water partition coefficient (Wildman–Crippen LogP) is 1.75. The predicted molar refractivity (Wildman–Crippen MR) is 61.0 cm³/mol. The number of likely N-dealkylation sites (tertiary alicyclic amines) is 1. The van der Waals surface area contributed by atoms with Crippen LogP contribution in [0.4, 0.5) is 0 Å². The van der Waals surface area contributed by atoms with Gasteiger partial charge in [0.05, 0.1) is 5.92 Å². The molecule has 0 aromatic heterocycles. The highest BCUT2D eigenvalue weighted by atomic mass is 16.4. The number of aliphatic carboxylic acids is 1. The SMILES string of the molecule is CCCCC(CC)C(=O)N1CC(C(=O)O)C1. The van der Waals surface area contributed by atoms with E-state index in [0.717, 1.165) is 25.7 Å². The summed E-state index contributed by atoms with van der Waals surface area (Å²) in [4.78, 5) is 24.3. The fourth-order valence-corrected chi connectivity index (χ4v) is 2.03. The van der Waals surface area contributed by atoms with Crippen LogP contribution in [0.2, 0.25) is 0 Å². The lowest BCUT2D eigenvalue weighted by Crippen LogP contribution is -2.54. The highest BCUT2D eigenvalue weighted by Gasteiger charge is 2.37. The van der Waals surface area contributed by atoms with Crippen LogP contribution in [-0.2, 0) is 9.59 Å². The second-order valence-corrected chi connectivity index (χ2v) is 4.53. The third-order valence-electron chi connectivity index (χ3n) is 3.29. The van der Waals surface area contributed by atoms with E-state index in [1.54, 1.807) is 4.90 Å². The minimum atomic E-state index is -0.786. The van der Waals surface area contributed by atoms with Gasteiger partial charge in [0.2, 0.25) is 5.91 Å². The molecule has 1 rings (SSSR count). The van der Waals surface area contributed by atoms with Crippen molar-refractivity contribution in [1.29, 1.82) is 0 Å². The Morgan fingerprint density at radius 1 is 1.38 bits per heavy atom.